The highest BCUT2D eigenvalue weighted by Gasteiger charge is 2.28. The Balaban J connectivity index is 1.30. The summed E-state index contributed by atoms with van der Waals surface area (Å²) in [4.78, 5) is 39.0. The quantitative estimate of drug-likeness (QED) is 0.412. The van der Waals surface area contributed by atoms with Gasteiger partial charge in [0.25, 0.3) is 11.8 Å². The summed E-state index contributed by atoms with van der Waals surface area (Å²) in [5.41, 5.74) is 0. The number of rotatable bonds is 6. The standard InChI is InChI=1S/C21H18FN3O6S/c22-14-1-3-15(4-2-14)30-13-16-5-6-17(31-16)20(26)23-9-11-24(12-10-23)21(27)18-7-8-19(32-18)25(28)29/h1-8H,9-13H2. The minimum Gasteiger partial charge on any atom is -0.486 e. The zero-order chi connectivity index (χ0) is 22.7. The number of carbonyl (C=O) groups excluding carboxylic acids is 2. The first-order chi connectivity index (χ1) is 15.4. The maximum Gasteiger partial charge on any atom is 0.324 e. The molecule has 1 aliphatic rings. The topological polar surface area (TPSA) is 106 Å². The van der Waals surface area contributed by atoms with Crippen LogP contribution in [0.25, 0.3) is 0 Å². The molecule has 3 aromatic rings. The maximum atomic E-state index is 12.9. The van der Waals surface area contributed by atoms with Gasteiger partial charge in [0.1, 0.15) is 23.9 Å². The van der Waals surface area contributed by atoms with Gasteiger partial charge in [-0.15, -0.1) is 0 Å². The Labute approximate surface area is 185 Å². The number of halogens is 1. The fourth-order valence-corrected chi connectivity index (χ4v) is 4.01. The molecule has 11 heteroatoms. The van der Waals surface area contributed by atoms with Crippen LogP contribution in [0.2, 0.25) is 0 Å². The predicted octanol–water partition coefficient (Wildman–Crippen LogP) is 3.57. The molecule has 9 nitrogen and oxygen atoms in total. The lowest BCUT2D eigenvalue weighted by Gasteiger charge is -2.34. The molecule has 166 valence electrons. The lowest BCUT2D eigenvalue weighted by molar-refractivity contribution is -0.380. The summed E-state index contributed by atoms with van der Waals surface area (Å²) in [6.45, 7) is 1.36. The molecular formula is C21H18FN3O6S. The summed E-state index contributed by atoms with van der Waals surface area (Å²) in [5, 5.41) is 10.7. The van der Waals surface area contributed by atoms with E-state index < -0.39 is 4.92 Å². The molecule has 2 aromatic heterocycles. The fraction of sp³-hybridized carbons (Fsp3) is 0.238. The Bertz CT molecular complexity index is 1130. The van der Waals surface area contributed by atoms with Gasteiger partial charge in [-0.2, -0.15) is 0 Å². The van der Waals surface area contributed by atoms with Gasteiger partial charge in [0, 0.05) is 32.2 Å². The monoisotopic (exact) mass is 459 g/mol. The molecule has 3 heterocycles. The fourth-order valence-electron chi connectivity index (χ4n) is 3.22. The van der Waals surface area contributed by atoms with E-state index in [0.29, 0.717) is 42.6 Å². The van der Waals surface area contributed by atoms with Crippen molar-refractivity contribution >= 4 is 28.2 Å². The van der Waals surface area contributed by atoms with E-state index >= 15 is 0 Å². The molecule has 4 rings (SSSR count). The number of piperazine rings is 1. The van der Waals surface area contributed by atoms with E-state index in [2.05, 4.69) is 0 Å². The molecule has 2 amide bonds. The van der Waals surface area contributed by atoms with Gasteiger partial charge in [-0.25, -0.2) is 4.39 Å². The van der Waals surface area contributed by atoms with Crippen LogP contribution in [0.3, 0.4) is 0 Å². The Hall–Kier alpha value is -3.73. The van der Waals surface area contributed by atoms with Gasteiger partial charge >= 0.3 is 5.00 Å². The van der Waals surface area contributed by atoms with Gasteiger partial charge in [0.2, 0.25) is 0 Å². The lowest BCUT2D eigenvalue weighted by atomic mass is 10.2. The Morgan fingerprint density at radius 2 is 1.66 bits per heavy atom. The molecule has 0 unspecified atom stereocenters. The highest BCUT2D eigenvalue weighted by atomic mass is 32.1. The first-order valence-corrected chi connectivity index (χ1v) is 10.5. The summed E-state index contributed by atoms with van der Waals surface area (Å²) in [6, 6.07) is 11.5. The van der Waals surface area contributed by atoms with Crippen molar-refractivity contribution in [1.82, 2.24) is 9.80 Å². The van der Waals surface area contributed by atoms with Gasteiger partial charge < -0.3 is 19.0 Å². The molecule has 1 aliphatic heterocycles. The second-order valence-corrected chi connectivity index (χ2v) is 8.05. The van der Waals surface area contributed by atoms with Crippen LogP contribution in [0, 0.1) is 15.9 Å². The summed E-state index contributed by atoms with van der Waals surface area (Å²) in [7, 11) is 0. The Morgan fingerprint density at radius 3 is 2.28 bits per heavy atom. The van der Waals surface area contributed by atoms with E-state index in [-0.39, 0.29) is 35.0 Å². The first-order valence-electron chi connectivity index (χ1n) is 9.70. The predicted molar refractivity (Wildman–Crippen MR) is 112 cm³/mol. The summed E-state index contributed by atoms with van der Waals surface area (Å²) < 4.78 is 24.0. The third-order valence-electron chi connectivity index (χ3n) is 4.90. The van der Waals surface area contributed by atoms with Gasteiger partial charge in [-0.3, -0.25) is 19.7 Å². The molecule has 1 fully saturated rings. The van der Waals surface area contributed by atoms with Crippen molar-refractivity contribution in [2.75, 3.05) is 26.2 Å². The minimum atomic E-state index is -0.527. The van der Waals surface area contributed by atoms with Crippen LogP contribution in [0.1, 0.15) is 26.0 Å². The number of benzene rings is 1. The molecule has 32 heavy (non-hydrogen) atoms. The maximum absolute atomic E-state index is 12.9. The molecule has 0 aliphatic carbocycles. The number of thiophene rings is 1. The van der Waals surface area contributed by atoms with Gasteiger partial charge in [-0.1, -0.05) is 11.3 Å². The van der Waals surface area contributed by atoms with Crippen molar-refractivity contribution < 1.29 is 28.1 Å². The third kappa shape index (κ3) is 4.78. The van der Waals surface area contributed by atoms with Crippen LogP contribution >= 0.6 is 11.3 Å². The third-order valence-corrected chi connectivity index (χ3v) is 5.93. The zero-order valence-corrected chi connectivity index (χ0v) is 17.5. The second kappa shape index (κ2) is 9.18. The largest absolute Gasteiger partial charge is 0.486 e. The number of carbonyl (C=O) groups is 2. The number of nitrogens with zero attached hydrogens (tertiary/aromatic N) is 3. The van der Waals surface area contributed by atoms with E-state index in [0.717, 1.165) is 11.3 Å². The Morgan fingerprint density at radius 1 is 1.00 bits per heavy atom. The highest BCUT2D eigenvalue weighted by Crippen LogP contribution is 2.25. The molecular weight excluding hydrogens is 441 g/mol. The molecule has 0 radical (unpaired) electrons. The van der Waals surface area contributed by atoms with Crippen molar-refractivity contribution in [3.05, 3.63) is 80.9 Å². The average Bonchev–Trinajstić information content (AvgIpc) is 3.48. The van der Waals surface area contributed by atoms with E-state index in [4.69, 9.17) is 9.15 Å². The lowest BCUT2D eigenvalue weighted by Crippen LogP contribution is -2.50. The number of hydrogen-bond acceptors (Lipinski definition) is 7. The molecule has 0 N–H and O–H groups in total. The molecule has 1 saturated heterocycles. The van der Waals surface area contributed by atoms with Crippen molar-refractivity contribution in [3.63, 3.8) is 0 Å². The van der Waals surface area contributed by atoms with Gasteiger partial charge in [-0.05, 0) is 42.5 Å². The number of amides is 2. The zero-order valence-electron chi connectivity index (χ0n) is 16.7. The van der Waals surface area contributed by atoms with E-state index in [1.807, 2.05) is 0 Å². The normalized spacial score (nSPS) is 13.8. The van der Waals surface area contributed by atoms with E-state index in [9.17, 15) is 24.1 Å². The molecule has 0 bridgehead atoms. The second-order valence-electron chi connectivity index (χ2n) is 6.99. The van der Waals surface area contributed by atoms with Crippen LogP contribution in [-0.4, -0.2) is 52.7 Å². The first kappa shape index (κ1) is 21.5. The molecule has 0 saturated carbocycles. The minimum absolute atomic E-state index is 0.0841. The van der Waals surface area contributed by atoms with Gasteiger partial charge in [0.15, 0.2) is 5.76 Å². The average molecular weight is 459 g/mol. The molecule has 0 atom stereocenters. The van der Waals surface area contributed by atoms with Gasteiger partial charge in [0.05, 0.1) is 9.80 Å². The van der Waals surface area contributed by atoms with Crippen LogP contribution in [0.4, 0.5) is 9.39 Å². The van der Waals surface area contributed by atoms with E-state index in [1.54, 1.807) is 21.9 Å². The summed E-state index contributed by atoms with van der Waals surface area (Å²) >= 11 is 0.837. The number of nitro groups is 1. The van der Waals surface area contributed by atoms with Crippen LogP contribution < -0.4 is 4.74 Å². The summed E-state index contributed by atoms with van der Waals surface area (Å²) in [5.74, 6) is 0.154. The van der Waals surface area contributed by atoms with Crippen molar-refractivity contribution in [1.29, 1.82) is 0 Å². The van der Waals surface area contributed by atoms with E-state index in [1.165, 1.54) is 36.4 Å². The summed E-state index contributed by atoms with van der Waals surface area (Å²) in [6.07, 6.45) is 0. The highest BCUT2D eigenvalue weighted by molar-refractivity contribution is 7.17. The van der Waals surface area contributed by atoms with Crippen molar-refractivity contribution in [3.8, 4) is 5.75 Å². The number of furan rings is 1. The Kier molecular flexibility index (Phi) is 6.17. The smallest absolute Gasteiger partial charge is 0.324 e. The number of hydrogen-bond donors (Lipinski definition) is 0. The van der Waals surface area contributed by atoms with Crippen LogP contribution in [0.15, 0.2) is 52.9 Å². The van der Waals surface area contributed by atoms with Crippen LogP contribution in [0.5, 0.6) is 5.75 Å². The van der Waals surface area contributed by atoms with Crippen molar-refractivity contribution in [2.45, 2.75) is 6.61 Å². The number of ether oxygens (including phenoxy) is 1. The molecule has 1 aromatic carbocycles. The van der Waals surface area contributed by atoms with Crippen molar-refractivity contribution in [2.24, 2.45) is 0 Å². The molecule has 0 spiro atoms. The SMILES string of the molecule is O=C(c1ccc(COc2ccc(F)cc2)o1)N1CCN(C(=O)c2ccc([N+](=O)[O-])s2)CC1. The van der Waals surface area contributed by atoms with Crippen LogP contribution in [-0.2, 0) is 6.61 Å².